The number of carbonyl (C=O) groups is 1. The predicted octanol–water partition coefficient (Wildman–Crippen LogP) is 3.02. The number of nitrogens with one attached hydrogen (secondary N) is 1. The average molecular weight is 330 g/mol. The predicted molar refractivity (Wildman–Crippen MR) is 85.8 cm³/mol. The normalized spacial score (nSPS) is 22.9. The molecule has 0 amide bonds. The van der Waals surface area contributed by atoms with Crippen molar-refractivity contribution in [2.24, 2.45) is 5.92 Å². The van der Waals surface area contributed by atoms with Gasteiger partial charge in [0.05, 0.1) is 12.0 Å². The Balaban J connectivity index is 1.91. The maximum absolute atomic E-state index is 13.7. The van der Waals surface area contributed by atoms with Crippen molar-refractivity contribution >= 4 is 23.5 Å². The van der Waals surface area contributed by atoms with Crippen LogP contribution in [-0.4, -0.2) is 26.8 Å². The van der Waals surface area contributed by atoms with Crippen LogP contribution in [0.3, 0.4) is 0 Å². The van der Waals surface area contributed by atoms with E-state index in [9.17, 15) is 9.18 Å². The van der Waals surface area contributed by atoms with Crippen LogP contribution < -0.4 is 5.32 Å². The molecule has 23 heavy (non-hydrogen) atoms. The van der Waals surface area contributed by atoms with Crippen LogP contribution in [0.2, 0.25) is 0 Å². The van der Waals surface area contributed by atoms with Gasteiger partial charge in [0, 0.05) is 12.1 Å². The first-order valence-corrected chi connectivity index (χ1v) is 8.65. The van der Waals surface area contributed by atoms with Gasteiger partial charge in [0.1, 0.15) is 11.6 Å². The second-order valence-corrected chi connectivity index (χ2v) is 6.41. The van der Waals surface area contributed by atoms with Crippen molar-refractivity contribution in [1.29, 1.82) is 0 Å². The molecular formula is C16H15FN4OS. The molecule has 118 valence electrons. The van der Waals surface area contributed by atoms with Gasteiger partial charge in [0.2, 0.25) is 11.1 Å². The first-order valence-electron chi connectivity index (χ1n) is 7.43. The molecule has 1 N–H and O–H groups in total. The summed E-state index contributed by atoms with van der Waals surface area (Å²) in [6, 6.07) is 6.01. The van der Waals surface area contributed by atoms with Crippen molar-refractivity contribution in [3.8, 4) is 0 Å². The summed E-state index contributed by atoms with van der Waals surface area (Å²) in [4.78, 5) is 17.0. The van der Waals surface area contributed by atoms with Crippen molar-refractivity contribution < 1.29 is 9.18 Å². The fraction of sp³-hybridized carbons (Fsp3) is 0.312. The SMILES string of the molecule is CSc1nc2n(n1)[C@H](c1cccc(F)c1)[C@H]1C(=O)CCC=C1N2. The van der Waals surface area contributed by atoms with E-state index in [1.165, 1.54) is 23.9 Å². The molecule has 7 heteroatoms. The Morgan fingerprint density at radius 2 is 2.30 bits per heavy atom. The number of fused-ring (bicyclic) bond motifs is 2. The largest absolute Gasteiger partial charge is 0.328 e. The van der Waals surface area contributed by atoms with E-state index in [-0.39, 0.29) is 23.6 Å². The number of halogens is 1. The first kappa shape index (κ1) is 14.4. The van der Waals surface area contributed by atoms with Gasteiger partial charge in [-0.25, -0.2) is 9.07 Å². The fourth-order valence-electron chi connectivity index (χ4n) is 3.26. The summed E-state index contributed by atoms with van der Waals surface area (Å²) in [7, 11) is 0. The number of thioether (sulfide) groups is 1. The summed E-state index contributed by atoms with van der Waals surface area (Å²) in [6.45, 7) is 0. The van der Waals surface area contributed by atoms with Crippen LogP contribution >= 0.6 is 11.8 Å². The van der Waals surface area contributed by atoms with Gasteiger partial charge in [-0.05, 0) is 30.4 Å². The Bertz CT molecular complexity index is 816. The van der Waals surface area contributed by atoms with E-state index < -0.39 is 0 Å². The molecule has 2 heterocycles. The topological polar surface area (TPSA) is 59.8 Å². The molecule has 0 bridgehead atoms. The van der Waals surface area contributed by atoms with Crippen LogP contribution in [0.15, 0.2) is 41.2 Å². The van der Waals surface area contributed by atoms with Gasteiger partial charge in [-0.15, -0.1) is 5.10 Å². The zero-order valence-electron chi connectivity index (χ0n) is 12.5. The molecule has 4 rings (SSSR count). The molecule has 2 aromatic rings. The second-order valence-electron chi connectivity index (χ2n) is 5.63. The number of hydrogen-bond donors (Lipinski definition) is 1. The monoisotopic (exact) mass is 330 g/mol. The van der Waals surface area contributed by atoms with Crippen molar-refractivity contribution in [3.05, 3.63) is 47.4 Å². The zero-order chi connectivity index (χ0) is 16.0. The highest BCUT2D eigenvalue weighted by Gasteiger charge is 2.41. The van der Waals surface area contributed by atoms with Crippen molar-refractivity contribution in [3.63, 3.8) is 0 Å². The Kier molecular flexibility index (Phi) is 3.45. The zero-order valence-corrected chi connectivity index (χ0v) is 13.3. The van der Waals surface area contributed by atoms with Gasteiger partial charge in [-0.2, -0.15) is 4.98 Å². The molecule has 2 aliphatic rings. The maximum atomic E-state index is 13.7. The molecule has 2 atom stereocenters. The molecule has 0 saturated carbocycles. The van der Waals surface area contributed by atoms with E-state index >= 15 is 0 Å². The summed E-state index contributed by atoms with van der Waals surface area (Å²) in [5, 5.41) is 8.33. The van der Waals surface area contributed by atoms with Crippen molar-refractivity contribution in [2.75, 3.05) is 11.6 Å². The number of anilines is 1. The van der Waals surface area contributed by atoms with Gasteiger partial charge in [-0.1, -0.05) is 30.0 Å². The second kappa shape index (κ2) is 5.49. The van der Waals surface area contributed by atoms with E-state index in [0.717, 1.165) is 17.7 Å². The van der Waals surface area contributed by atoms with Crippen LogP contribution in [0.25, 0.3) is 0 Å². The molecule has 0 fully saturated rings. The number of hydrogen-bond acceptors (Lipinski definition) is 5. The Morgan fingerprint density at radius 3 is 3.09 bits per heavy atom. The Hall–Kier alpha value is -2.15. The quantitative estimate of drug-likeness (QED) is 0.858. The standard InChI is InChI=1S/C16H15FN4OS/c1-23-16-19-15-18-11-6-3-7-12(22)13(11)14(21(15)20-16)9-4-2-5-10(17)8-9/h2,4-6,8,13-14H,3,7H2,1H3,(H,18,19,20)/t13-,14-/m1/s1. The Morgan fingerprint density at radius 1 is 1.43 bits per heavy atom. The molecule has 1 aromatic carbocycles. The van der Waals surface area contributed by atoms with Crippen LogP contribution in [0.5, 0.6) is 0 Å². The highest BCUT2D eigenvalue weighted by molar-refractivity contribution is 7.98. The lowest BCUT2D eigenvalue weighted by molar-refractivity contribution is -0.123. The van der Waals surface area contributed by atoms with Gasteiger partial charge in [0.15, 0.2) is 0 Å². The van der Waals surface area contributed by atoms with Gasteiger partial charge in [0.25, 0.3) is 0 Å². The van der Waals surface area contributed by atoms with Crippen LogP contribution in [0.1, 0.15) is 24.4 Å². The minimum atomic E-state index is -0.366. The minimum absolute atomic E-state index is 0.149. The lowest BCUT2D eigenvalue weighted by Gasteiger charge is -2.36. The number of benzene rings is 1. The van der Waals surface area contributed by atoms with E-state index in [0.29, 0.717) is 17.5 Å². The number of Topliss-reactive ketones (excluding diaryl/α,β-unsaturated/α-hetero) is 1. The van der Waals surface area contributed by atoms with E-state index in [1.54, 1.807) is 10.7 Å². The van der Waals surface area contributed by atoms with Gasteiger partial charge < -0.3 is 5.32 Å². The van der Waals surface area contributed by atoms with E-state index in [2.05, 4.69) is 15.4 Å². The summed E-state index contributed by atoms with van der Waals surface area (Å²) >= 11 is 1.44. The molecule has 1 aliphatic carbocycles. The minimum Gasteiger partial charge on any atom is -0.328 e. The lowest BCUT2D eigenvalue weighted by atomic mass is 9.81. The number of rotatable bonds is 2. The number of ketones is 1. The summed E-state index contributed by atoms with van der Waals surface area (Å²) in [5.41, 5.74) is 1.58. The molecule has 1 aliphatic heterocycles. The summed E-state index contributed by atoms with van der Waals surface area (Å²) < 4.78 is 15.4. The highest BCUT2D eigenvalue weighted by atomic mass is 32.2. The van der Waals surface area contributed by atoms with Crippen LogP contribution in [0, 0.1) is 11.7 Å². The highest BCUT2D eigenvalue weighted by Crippen LogP contribution is 2.41. The lowest BCUT2D eigenvalue weighted by Crippen LogP contribution is -2.38. The van der Waals surface area contributed by atoms with E-state index in [1.807, 2.05) is 18.4 Å². The van der Waals surface area contributed by atoms with Gasteiger partial charge in [-0.3, -0.25) is 4.79 Å². The third-order valence-electron chi connectivity index (χ3n) is 4.26. The number of nitrogens with zero attached hydrogens (tertiary/aromatic N) is 3. The average Bonchev–Trinajstić information content (AvgIpc) is 2.96. The summed E-state index contributed by atoms with van der Waals surface area (Å²) in [5.74, 6) is 0.0629. The third-order valence-corrected chi connectivity index (χ3v) is 4.79. The van der Waals surface area contributed by atoms with Crippen LogP contribution in [0.4, 0.5) is 10.3 Å². The van der Waals surface area contributed by atoms with E-state index in [4.69, 9.17) is 0 Å². The number of aromatic nitrogens is 3. The number of allylic oxidation sites excluding steroid dienone is 2. The molecule has 0 radical (unpaired) electrons. The third kappa shape index (κ3) is 2.35. The molecule has 1 aromatic heterocycles. The fourth-order valence-corrected chi connectivity index (χ4v) is 3.61. The van der Waals surface area contributed by atoms with Crippen molar-refractivity contribution in [2.45, 2.75) is 24.0 Å². The Labute approximate surface area is 137 Å². The van der Waals surface area contributed by atoms with Gasteiger partial charge >= 0.3 is 0 Å². The smallest absolute Gasteiger partial charge is 0.227 e. The molecule has 0 unspecified atom stereocenters. The molecular weight excluding hydrogens is 315 g/mol. The molecule has 5 nitrogen and oxygen atoms in total. The number of carbonyl (C=O) groups excluding carboxylic acids is 1. The maximum Gasteiger partial charge on any atom is 0.227 e. The van der Waals surface area contributed by atoms with Crippen molar-refractivity contribution in [1.82, 2.24) is 14.8 Å². The van der Waals surface area contributed by atoms with Crippen LogP contribution in [-0.2, 0) is 4.79 Å². The molecule has 0 saturated heterocycles. The first-order chi connectivity index (χ1) is 11.2. The summed E-state index contributed by atoms with van der Waals surface area (Å²) in [6.07, 6.45) is 5.16. The molecule has 0 spiro atoms.